The molecule has 6 heteroatoms. The van der Waals surface area contributed by atoms with Gasteiger partial charge in [-0.05, 0) is 31.9 Å². The number of nitrogens with one attached hydrogen (secondary N) is 2. The van der Waals surface area contributed by atoms with Gasteiger partial charge in [-0.25, -0.2) is 9.98 Å². The second-order valence-corrected chi connectivity index (χ2v) is 7.01. The van der Waals surface area contributed by atoms with Crippen LogP contribution in [0.2, 0.25) is 0 Å². The highest BCUT2D eigenvalue weighted by molar-refractivity contribution is 7.11. The third-order valence-electron chi connectivity index (χ3n) is 3.83. The van der Waals surface area contributed by atoms with Crippen LogP contribution in [-0.4, -0.2) is 37.6 Å². The van der Waals surface area contributed by atoms with Crippen LogP contribution in [0.4, 0.5) is 5.69 Å². The molecule has 0 saturated heterocycles. The molecule has 0 unspecified atom stereocenters. The first-order valence-corrected chi connectivity index (χ1v) is 9.76. The first-order valence-electron chi connectivity index (χ1n) is 8.94. The Morgan fingerprint density at radius 1 is 1.20 bits per heavy atom. The van der Waals surface area contributed by atoms with Crippen molar-refractivity contribution in [1.82, 2.24) is 15.6 Å². The van der Waals surface area contributed by atoms with Gasteiger partial charge in [0.25, 0.3) is 0 Å². The lowest BCUT2D eigenvalue weighted by atomic mass is 10.3. The number of para-hydroxylation sites is 1. The molecule has 2 rings (SSSR count). The van der Waals surface area contributed by atoms with Crippen molar-refractivity contribution in [2.45, 2.75) is 33.2 Å². The lowest BCUT2D eigenvalue weighted by Crippen LogP contribution is -2.38. The van der Waals surface area contributed by atoms with E-state index < -0.39 is 0 Å². The Hall–Kier alpha value is -2.08. The summed E-state index contributed by atoms with van der Waals surface area (Å²) in [4.78, 5) is 12.6. The summed E-state index contributed by atoms with van der Waals surface area (Å²) in [6.07, 6.45) is 4.04. The lowest BCUT2D eigenvalue weighted by Gasteiger charge is -2.19. The average Bonchev–Trinajstić information content (AvgIpc) is 3.11. The van der Waals surface area contributed by atoms with Crippen LogP contribution < -0.4 is 15.5 Å². The molecule has 2 N–H and O–H groups in total. The van der Waals surface area contributed by atoms with Crippen LogP contribution in [0.3, 0.4) is 0 Å². The molecule has 2 aromatic rings. The van der Waals surface area contributed by atoms with Gasteiger partial charge in [-0.15, -0.1) is 11.3 Å². The number of aryl methyl sites for hydroxylation is 1. The molecule has 0 amide bonds. The Balaban J connectivity index is 1.75. The van der Waals surface area contributed by atoms with E-state index in [0.29, 0.717) is 6.54 Å². The summed E-state index contributed by atoms with van der Waals surface area (Å²) >= 11 is 1.74. The summed E-state index contributed by atoms with van der Waals surface area (Å²) < 4.78 is 0. The van der Waals surface area contributed by atoms with E-state index in [1.165, 1.54) is 10.6 Å². The van der Waals surface area contributed by atoms with Crippen molar-refractivity contribution in [3.8, 4) is 0 Å². The fourth-order valence-electron chi connectivity index (χ4n) is 2.41. The molecule has 0 aliphatic rings. The zero-order valence-corrected chi connectivity index (χ0v) is 16.3. The van der Waals surface area contributed by atoms with Crippen molar-refractivity contribution < 1.29 is 0 Å². The van der Waals surface area contributed by atoms with E-state index in [4.69, 9.17) is 0 Å². The van der Waals surface area contributed by atoms with Gasteiger partial charge in [0.2, 0.25) is 0 Å². The smallest absolute Gasteiger partial charge is 0.191 e. The van der Waals surface area contributed by atoms with E-state index in [-0.39, 0.29) is 0 Å². The summed E-state index contributed by atoms with van der Waals surface area (Å²) in [5.74, 6) is 0.859. The van der Waals surface area contributed by atoms with Crippen molar-refractivity contribution in [2.24, 2.45) is 4.99 Å². The molecule has 0 radical (unpaired) electrons. The van der Waals surface area contributed by atoms with Crippen molar-refractivity contribution in [3.05, 3.63) is 46.4 Å². The molecule has 1 aromatic carbocycles. The van der Waals surface area contributed by atoms with Crippen LogP contribution in [0.25, 0.3) is 0 Å². The van der Waals surface area contributed by atoms with E-state index in [1.54, 1.807) is 11.3 Å². The minimum atomic E-state index is 0.629. The zero-order valence-electron chi connectivity index (χ0n) is 15.5. The normalized spacial score (nSPS) is 11.4. The van der Waals surface area contributed by atoms with Gasteiger partial charge in [0, 0.05) is 43.4 Å². The van der Waals surface area contributed by atoms with Crippen molar-refractivity contribution >= 4 is 23.0 Å². The third-order valence-corrected chi connectivity index (χ3v) is 4.95. The minimum Gasteiger partial charge on any atom is -0.375 e. The standard InChI is InChI=1S/C19H29N5S/c1-4-17-14-22-18(25-17)15-23-19(20-5-2)21-12-9-13-24(3)16-10-7-6-8-11-16/h6-8,10-11,14H,4-5,9,12-13,15H2,1-3H3,(H2,20,21,23). The summed E-state index contributed by atoms with van der Waals surface area (Å²) in [7, 11) is 2.13. The summed E-state index contributed by atoms with van der Waals surface area (Å²) in [5, 5.41) is 7.77. The number of nitrogens with zero attached hydrogens (tertiary/aromatic N) is 3. The van der Waals surface area contributed by atoms with Crippen LogP contribution in [0.5, 0.6) is 0 Å². The van der Waals surface area contributed by atoms with Crippen LogP contribution >= 0.6 is 11.3 Å². The topological polar surface area (TPSA) is 52.6 Å². The highest BCUT2D eigenvalue weighted by atomic mass is 32.1. The van der Waals surface area contributed by atoms with Gasteiger partial charge < -0.3 is 15.5 Å². The van der Waals surface area contributed by atoms with Gasteiger partial charge in [-0.2, -0.15) is 0 Å². The van der Waals surface area contributed by atoms with E-state index in [2.05, 4.69) is 70.7 Å². The maximum atomic E-state index is 4.63. The molecule has 136 valence electrons. The summed E-state index contributed by atoms with van der Waals surface area (Å²) in [5.41, 5.74) is 1.25. The third kappa shape index (κ3) is 6.74. The van der Waals surface area contributed by atoms with E-state index >= 15 is 0 Å². The molecular weight excluding hydrogens is 330 g/mol. The lowest BCUT2D eigenvalue weighted by molar-refractivity contribution is 0.730. The molecule has 0 bridgehead atoms. The quantitative estimate of drug-likeness (QED) is 0.410. The fraction of sp³-hybridized carbons (Fsp3) is 0.474. The minimum absolute atomic E-state index is 0.629. The number of benzene rings is 1. The molecule has 25 heavy (non-hydrogen) atoms. The number of rotatable bonds is 9. The van der Waals surface area contributed by atoms with Crippen LogP contribution in [0.1, 0.15) is 30.2 Å². The number of anilines is 1. The number of thiazole rings is 1. The summed E-state index contributed by atoms with van der Waals surface area (Å²) in [6.45, 7) is 7.61. The van der Waals surface area contributed by atoms with Crippen molar-refractivity contribution in [2.75, 3.05) is 31.6 Å². The molecule has 0 saturated carbocycles. The van der Waals surface area contributed by atoms with E-state index in [0.717, 1.165) is 43.4 Å². The highest BCUT2D eigenvalue weighted by Gasteiger charge is 2.03. The number of hydrogen-bond donors (Lipinski definition) is 2. The van der Waals surface area contributed by atoms with Gasteiger partial charge in [0.15, 0.2) is 5.96 Å². The van der Waals surface area contributed by atoms with Gasteiger partial charge in [0.1, 0.15) is 5.01 Å². The molecule has 5 nitrogen and oxygen atoms in total. The van der Waals surface area contributed by atoms with Crippen molar-refractivity contribution in [3.63, 3.8) is 0 Å². The van der Waals surface area contributed by atoms with Crippen LogP contribution in [-0.2, 0) is 13.0 Å². The Labute approximate surface area is 155 Å². The van der Waals surface area contributed by atoms with Gasteiger partial charge in [0.05, 0.1) is 6.54 Å². The molecular formula is C19H29N5S. The van der Waals surface area contributed by atoms with Crippen LogP contribution in [0.15, 0.2) is 41.5 Å². The molecule has 1 heterocycles. The molecule has 0 aliphatic carbocycles. The van der Waals surface area contributed by atoms with Crippen molar-refractivity contribution in [1.29, 1.82) is 0 Å². The molecule has 0 aliphatic heterocycles. The molecule has 1 aromatic heterocycles. The largest absolute Gasteiger partial charge is 0.375 e. The number of hydrogen-bond acceptors (Lipinski definition) is 4. The highest BCUT2D eigenvalue weighted by Crippen LogP contribution is 2.14. The van der Waals surface area contributed by atoms with Crippen LogP contribution in [0, 0.1) is 0 Å². The van der Waals surface area contributed by atoms with Gasteiger partial charge >= 0.3 is 0 Å². The molecule has 0 atom stereocenters. The monoisotopic (exact) mass is 359 g/mol. The second kappa shape index (κ2) is 10.7. The maximum Gasteiger partial charge on any atom is 0.191 e. The van der Waals surface area contributed by atoms with E-state index in [1.807, 2.05) is 12.3 Å². The second-order valence-electron chi connectivity index (χ2n) is 5.81. The fourth-order valence-corrected chi connectivity index (χ4v) is 3.19. The first kappa shape index (κ1) is 19.2. The number of aliphatic imine (C=N–C) groups is 1. The Bertz CT molecular complexity index is 638. The SMILES string of the molecule is CCNC(=NCc1ncc(CC)s1)NCCCN(C)c1ccccc1. The first-order chi connectivity index (χ1) is 12.2. The van der Waals surface area contributed by atoms with Gasteiger partial charge in [-0.1, -0.05) is 25.1 Å². The predicted molar refractivity (Wildman–Crippen MR) is 109 cm³/mol. The predicted octanol–water partition coefficient (Wildman–Crippen LogP) is 3.29. The maximum absolute atomic E-state index is 4.63. The molecule has 0 spiro atoms. The molecule has 0 fully saturated rings. The Kier molecular flexibility index (Phi) is 8.25. The Morgan fingerprint density at radius 2 is 2.00 bits per heavy atom. The average molecular weight is 360 g/mol. The zero-order chi connectivity index (χ0) is 17.9. The van der Waals surface area contributed by atoms with Gasteiger partial charge in [-0.3, -0.25) is 0 Å². The van der Waals surface area contributed by atoms with E-state index in [9.17, 15) is 0 Å². The Morgan fingerprint density at radius 3 is 2.68 bits per heavy atom. The summed E-state index contributed by atoms with van der Waals surface area (Å²) in [6, 6.07) is 10.5. The number of aromatic nitrogens is 1. The number of guanidine groups is 1.